The first-order valence-corrected chi connectivity index (χ1v) is 5.33. The van der Waals surface area contributed by atoms with Gasteiger partial charge < -0.3 is 14.8 Å². The van der Waals surface area contributed by atoms with Crippen LogP contribution in [0.15, 0.2) is 6.33 Å². The molecule has 0 aromatic carbocycles. The molecule has 1 heterocycles. The second kappa shape index (κ2) is 5.82. The van der Waals surface area contributed by atoms with E-state index >= 15 is 0 Å². The van der Waals surface area contributed by atoms with E-state index in [2.05, 4.69) is 41.4 Å². The zero-order valence-electron chi connectivity index (χ0n) is 10.1. The highest BCUT2D eigenvalue weighted by atomic mass is 15.3. The van der Waals surface area contributed by atoms with Crippen LogP contribution in [0.25, 0.3) is 0 Å². The van der Waals surface area contributed by atoms with Gasteiger partial charge in [-0.1, -0.05) is 0 Å². The van der Waals surface area contributed by atoms with Crippen molar-refractivity contribution in [3.8, 4) is 0 Å². The molecule has 0 saturated carbocycles. The first kappa shape index (κ1) is 12.1. The summed E-state index contributed by atoms with van der Waals surface area (Å²) in [5.74, 6) is 0.986. The van der Waals surface area contributed by atoms with E-state index in [0.717, 1.165) is 25.3 Å². The summed E-state index contributed by atoms with van der Waals surface area (Å²) in [6.45, 7) is 4.23. The summed E-state index contributed by atoms with van der Waals surface area (Å²) in [6, 6.07) is 0.264. The van der Waals surface area contributed by atoms with Crippen molar-refractivity contribution < 1.29 is 0 Å². The van der Waals surface area contributed by atoms with Crippen molar-refractivity contribution in [2.75, 3.05) is 27.2 Å². The molecule has 0 aliphatic carbocycles. The first-order chi connectivity index (χ1) is 7.11. The van der Waals surface area contributed by atoms with E-state index in [4.69, 9.17) is 0 Å². The van der Waals surface area contributed by atoms with Gasteiger partial charge in [-0.15, -0.1) is 10.2 Å². The molecule has 86 valence electrons. The van der Waals surface area contributed by atoms with Crippen LogP contribution < -0.4 is 5.32 Å². The molecule has 1 aromatic rings. The molecule has 1 N–H and O–H groups in total. The molecule has 1 rings (SSSR count). The van der Waals surface area contributed by atoms with Crippen LogP contribution in [0.2, 0.25) is 0 Å². The van der Waals surface area contributed by atoms with E-state index in [0.29, 0.717) is 0 Å². The number of hydrogen-bond acceptors (Lipinski definition) is 4. The van der Waals surface area contributed by atoms with Gasteiger partial charge in [-0.25, -0.2) is 0 Å². The second-order valence-electron chi connectivity index (χ2n) is 4.13. The van der Waals surface area contributed by atoms with Gasteiger partial charge in [-0.05, 0) is 40.5 Å². The van der Waals surface area contributed by atoms with Crippen LogP contribution in [0.1, 0.15) is 25.2 Å². The van der Waals surface area contributed by atoms with Gasteiger partial charge in [0.15, 0.2) is 0 Å². The monoisotopic (exact) mass is 211 g/mol. The standard InChI is InChI=1S/C10H21N5/c1-9(10-13-12-8-15(10)4)11-6-5-7-14(2)3/h8-9,11H,5-7H2,1-4H3. The largest absolute Gasteiger partial charge is 0.319 e. The minimum Gasteiger partial charge on any atom is -0.319 e. The SMILES string of the molecule is CC(NCCCN(C)C)c1nncn1C. The molecule has 5 heteroatoms. The zero-order chi connectivity index (χ0) is 11.3. The molecule has 1 atom stereocenters. The number of aromatic nitrogens is 3. The summed E-state index contributed by atoms with van der Waals surface area (Å²) in [4.78, 5) is 2.19. The molecule has 0 aliphatic heterocycles. The second-order valence-corrected chi connectivity index (χ2v) is 4.13. The smallest absolute Gasteiger partial charge is 0.149 e. The summed E-state index contributed by atoms with van der Waals surface area (Å²) in [5, 5.41) is 11.4. The number of aryl methyl sites for hydroxylation is 1. The van der Waals surface area contributed by atoms with Gasteiger partial charge >= 0.3 is 0 Å². The highest BCUT2D eigenvalue weighted by Gasteiger charge is 2.09. The maximum atomic E-state index is 4.07. The molecule has 1 unspecified atom stereocenters. The van der Waals surface area contributed by atoms with Gasteiger partial charge in [0, 0.05) is 7.05 Å². The summed E-state index contributed by atoms with van der Waals surface area (Å²) >= 11 is 0. The number of rotatable bonds is 6. The summed E-state index contributed by atoms with van der Waals surface area (Å²) in [5.41, 5.74) is 0. The van der Waals surface area contributed by atoms with Gasteiger partial charge in [0.05, 0.1) is 6.04 Å². The van der Waals surface area contributed by atoms with Crippen LogP contribution in [0.4, 0.5) is 0 Å². The average Bonchev–Trinajstić information content (AvgIpc) is 2.58. The zero-order valence-corrected chi connectivity index (χ0v) is 10.1. The van der Waals surface area contributed by atoms with Crippen molar-refractivity contribution in [1.82, 2.24) is 25.0 Å². The third-order valence-corrected chi connectivity index (χ3v) is 2.37. The Hall–Kier alpha value is -0.940. The quantitative estimate of drug-likeness (QED) is 0.693. The molecule has 15 heavy (non-hydrogen) atoms. The summed E-state index contributed by atoms with van der Waals surface area (Å²) < 4.78 is 1.95. The molecule has 0 aliphatic rings. The van der Waals surface area contributed by atoms with E-state index in [9.17, 15) is 0 Å². The first-order valence-electron chi connectivity index (χ1n) is 5.33. The van der Waals surface area contributed by atoms with Gasteiger partial charge in [0.2, 0.25) is 0 Å². The normalized spacial score (nSPS) is 13.4. The molecule has 0 amide bonds. The Balaban J connectivity index is 2.25. The van der Waals surface area contributed by atoms with E-state index in [1.54, 1.807) is 6.33 Å². The Morgan fingerprint density at radius 3 is 2.80 bits per heavy atom. The molecule has 5 nitrogen and oxygen atoms in total. The molecule has 0 saturated heterocycles. The van der Waals surface area contributed by atoms with Gasteiger partial charge in [-0.3, -0.25) is 0 Å². The lowest BCUT2D eigenvalue weighted by atomic mass is 10.3. The lowest BCUT2D eigenvalue weighted by Crippen LogP contribution is -2.25. The van der Waals surface area contributed by atoms with Gasteiger partial charge in [-0.2, -0.15) is 0 Å². The van der Waals surface area contributed by atoms with Crippen molar-refractivity contribution in [3.63, 3.8) is 0 Å². The summed E-state index contributed by atoms with van der Waals surface area (Å²) in [7, 11) is 6.14. The molecule has 0 radical (unpaired) electrons. The Morgan fingerprint density at radius 1 is 1.53 bits per heavy atom. The maximum absolute atomic E-state index is 4.07. The molecule has 0 spiro atoms. The Labute approximate surface area is 91.5 Å². The fourth-order valence-corrected chi connectivity index (χ4v) is 1.49. The highest BCUT2D eigenvalue weighted by molar-refractivity contribution is 4.91. The predicted octanol–water partition coefficient (Wildman–Crippen LogP) is 0.417. The summed E-state index contributed by atoms with van der Waals surface area (Å²) in [6.07, 6.45) is 2.88. The third-order valence-electron chi connectivity index (χ3n) is 2.37. The molecule has 0 fully saturated rings. The van der Waals surface area contributed by atoms with Crippen LogP contribution in [-0.2, 0) is 7.05 Å². The Bertz CT molecular complexity index is 281. The van der Waals surface area contributed by atoms with E-state index < -0.39 is 0 Å². The number of nitrogens with one attached hydrogen (secondary N) is 1. The van der Waals surface area contributed by atoms with Crippen molar-refractivity contribution in [2.24, 2.45) is 7.05 Å². The van der Waals surface area contributed by atoms with Crippen LogP contribution in [0, 0.1) is 0 Å². The lowest BCUT2D eigenvalue weighted by Gasteiger charge is -2.14. The molecule has 0 bridgehead atoms. The van der Waals surface area contributed by atoms with Crippen LogP contribution in [-0.4, -0.2) is 46.8 Å². The van der Waals surface area contributed by atoms with Crippen molar-refractivity contribution in [3.05, 3.63) is 12.2 Å². The van der Waals surface area contributed by atoms with E-state index in [-0.39, 0.29) is 6.04 Å². The van der Waals surface area contributed by atoms with Gasteiger partial charge in [0.1, 0.15) is 12.2 Å². The minimum atomic E-state index is 0.264. The highest BCUT2D eigenvalue weighted by Crippen LogP contribution is 2.06. The van der Waals surface area contributed by atoms with Gasteiger partial charge in [0.25, 0.3) is 0 Å². The van der Waals surface area contributed by atoms with E-state index in [1.165, 1.54) is 0 Å². The average molecular weight is 211 g/mol. The van der Waals surface area contributed by atoms with Crippen LogP contribution >= 0.6 is 0 Å². The Morgan fingerprint density at radius 2 is 2.27 bits per heavy atom. The minimum absolute atomic E-state index is 0.264. The van der Waals surface area contributed by atoms with Crippen LogP contribution in [0.3, 0.4) is 0 Å². The van der Waals surface area contributed by atoms with E-state index in [1.807, 2.05) is 11.6 Å². The number of nitrogens with zero attached hydrogens (tertiary/aromatic N) is 4. The molecular formula is C10H21N5. The Kier molecular flexibility index (Phi) is 4.71. The van der Waals surface area contributed by atoms with Crippen molar-refractivity contribution >= 4 is 0 Å². The van der Waals surface area contributed by atoms with Crippen molar-refractivity contribution in [1.29, 1.82) is 0 Å². The third kappa shape index (κ3) is 3.97. The maximum Gasteiger partial charge on any atom is 0.149 e. The predicted molar refractivity (Wildman–Crippen MR) is 60.6 cm³/mol. The topological polar surface area (TPSA) is 46.0 Å². The molecular weight excluding hydrogens is 190 g/mol. The fraction of sp³-hybridized carbons (Fsp3) is 0.800. The van der Waals surface area contributed by atoms with Crippen LogP contribution in [0.5, 0.6) is 0 Å². The lowest BCUT2D eigenvalue weighted by molar-refractivity contribution is 0.386. The fourth-order valence-electron chi connectivity index (χ4n) is 1.49. The molecule has 1 aromatic heterocycles. The van der Waals surface area contributed by atoms with Crippen molar-refractivity contribution in [2.45, 2.75) is 19.4 Å². The number of hydrogen-bond donors (Lipinski definition) is 1.